The number of benzene rings is 2. The number of ether oxygens (including phenoxy) is 1. The van der Waals surface area contributed by atoms with Crippen LogP contribution in [0, 0.1) is 13.7 Å². The van der Waals surface area contributed by atoms with Gasteiger partial charge >= 0.3 is 5.97 Å². The highest BCUT2D eigenvalue weighted by atomic mass is 127. The summed E-state index contributed by atoms with van der Waals surface area (Å²) in [4.78, 5) is 22.0. The van der Waals surface area contributed by atoms with Crippen LogP contribution in [0.2, 0.25) is 5.02 Å². The monoisotopic (exact) mass is 417 g/mol. The Bertz CT molecular complexity index is 705. The molecule has 0 aliphatic carbocycles. The van der Waals surface area contributed by atoms with Crippen molar-refractivity contribution in [2.45, 2.75) is 6.61 Å². The summed E-state index contributed by atoms with van der Waals surface area (Å²) in [6, 6.07) is 11.1. The largest absolute Gasteiger partial charge is 0.457 e. The fourth-order valence-electron chi connectivity index (χ4n) is 1.61. The van der Waals surface area contributed by atoms with Gasteiger partial charge in [-0.15, -0.1) is 0 Å². The Morgan fingerprint density at radius 3 is 2.62 bits per heavy atom. The highest BCUT2D eigenvalue weighted by molar-refractivity contribution is 14.1. The summed E-state index contributed by atoms with van der Waals surface area (Å²) in [5, 5.41) is 10.8. The van der Waals surface area contributed by atoms with Crippen LogP contribution in [0.1, 0.15) is 15.9 Å². The molecule has 0 N–H and O–H groups in total. The van der Waals surface area contributed by atoms with Crippen LogP contribution in [-0.2, 0) is 11.3 Å². The lowest BCUT2D eigenvalue weighted by atomic mass is 10.2. The van der Waals surface area contributed by atoms with Crippen LogP contribution in [0.5, 0.6) is 0 Å². The molecule has 2 rings (SSSR count). The lowest BCUT2D eigenvalue weighted by molar-refractivity contribution is -0.384. The van der Waals surface area contributed by atoms with Crippen LogP contribution in [0.3, 0.4) is 0 Å². The van der Waals surface area contributed by atoms with Crippen molar-refractivity contribution in [3.63, 3.8) is 0 Å². The van der Waals surface area contributed by atoms with E-state index in [0.717, 1.165) is 3.57 Å². The third-order valence-corrected chi connectivity index (χ3v) is 3.99. The Morgan fingerprint density at radius 2 is 2.00 bits per heavy atom. The van der Waals surface area contributed by atoms with Crippen LogP contribution in [0.15, 0.2) is 42.5 Å². The molecular weight excluding hydrogens is 409 g/mol. The van der Waals surface area contributed by atoms with E-state index >= 15 is 0 Å². The molecule has 0 heterocycles. The molecule has 0 aliphatic heterocycles. The van der Waals surface area contributed by atoms with Crippen molar-refractivity contribution >= 4 is 45.8 Å². The van der Waals surface area contributed by atoms with Gasteiger partial charge in [-0.2, -0.15) is 0 Å². The zero-order valence-electron chi connectivity index (χ0n) is 10.6. The molecule has 7 heteroatoms. The van der Waals surface area contributed by atoms with Crippen molar-refractivity contribution in [1.82, 2.24) is 0 Å². The molecule has 0 unspecified atom stereocenters. The van der Waals surface area contributed by atoms with E-state index in [1.165, 1.54) is 18.2 Å². The number of nitro benzene ring substituents is 1. The first-order chi connectivity index (χ1) is 9.99. The van der Waals surface area contributed by atoms with E-state index in [4.69, 9.17) is 16.3 Å². The van der Waals surface area contributed by atoms with E-state index in [1.807, 2.05) is 28.7 Å². The summed E-state index contributed by atoms with van der Waals surface area (Å²) < 4.78 is 5.97. The summed E-state index contributed by atoms with van der Waals surface area (Å²) in [6.45, 7) is -0.0410. The minimum atomic E-state index is -0.534. The van der Waals surface area contributed by atoms with E-state index in [-0.39, 0.29) is 17.3 Å². The lowest BCUT2D eigenvalue weighted by Gasteiger charge is -2.07. The topological polar surface area (TPSA) is 69.4 Å². The minimum absolute atomic E-state index is 0.0410. The van der Waals surface area contributed by atoms with Crippen LogP contribution in [0.25, 0.3) is 0 Å². The number of hydrogen-bond acceptors (Lipinski definition) is 4. The predicted molar refractivity (Wildman–Crippen MR) is 86.4 cm³/mol. The molecule has 0 amide bonds. The van der Waals surface area contributed by atoms with Gasteiger partial charge in [0, 0.05) is 21.3 Å². The Morgan fingerprint density at radius 1 is 1.29 bits per heavy atom. The number of nitro groups is 1. The molecule has 2 aromatic carbocycles. The number of hydrogen-bond donors (Lipinski definition) is 0. The molecule has 0 atom stereocenters. The third-order valence-electron chi connectivity index (χ3n) is 2.70. The van der Waals surface area contributed by atoms with Gasteiger partial charge in [0.1, 0.15) is 6.61 Å². The number of carbonyl (C=O) groups excluding carboxylic acids is 1. The van der Waals surface area contributed by atoms with E-state index in [1.54, 1.807) is 18.2 Å². The van der Waals surface area contributed by atoms with Crippen LogP contribution in [-0.4, -0.2) is 10.9 Å². The fraction of sp³-hybridized carbons (Fsp3) is 0.0714. The molecule has 5 nitrogen and oxygen atoms in total. The van der Waals surface area contributed by atoms with Crippen molar-refractivity contribution in [1.29, 1.82) is 0 Å². The Balaban J connectivity index is 2.08. The molecular formula is C14H9ClINO4. The first-order valence-corrected chi connectivity index (χ1v) is 7.29. The van der Waals surface area contributed by atoms with Crippen LogP contribution < -0.4 is 0 Å². The van der Waals surface area contributed by atoms with Crippen molar-refractivity contribution < 1.29 is 14.5 Å². The predicted octanol–water partition coefficient (Wildman–Crippen LogP) is 4.21. The van der Waals surface area contributed by atoms with Crippen molar-refractivity contribution in [3.05, 3.63) is 72.3 Å². The summed E-state index contributed by atoms with van der Waals surface area (Å²) >= 11 is 7.98. The van der Waals surface area contributed by atoms with E-state index in [9.17, 15) is 14.9 Å². The van der Waals surface area contributed by atoms with Crippen molar-refractivity contribution in [2.75, 3.05) is 0 Å². The van der Waals surface area contributed by atoms with Crippen LogP contribution >= 0.6 is 34.2 Å². The van der Waals surface area contributed by atoms with Gasteiger partial charge < -0.3 is 4.74 Å². The van der Waals surface area contributed by atoms with Gasteiger partial charge in [-0.05, 0) is 40.8 Å². The molecule has 0 bridgehead atoms. The van der Waals surface area contributed by atoms with Gasteiger partial charge in [-0.1, -0.05) is 23.7 Å². The van der Waals surface area contributed by atoms with E-state index < -0.39 is 10.9 Å². The molecule has 0 aromatic heterocycles. The molecule has 0 spiro atoms. The molecule has 0 saturated carbocycles. The standard InChI is InChI=1S/C14H9ClINO4/c15-12-7-10(17(19)20)6-5-9(12)8-21-14(18)11-3-1-2-4-13(11)16/h1-7H,8H2. The molecule has 0 aliphatic rings. The van der Waals surface area contributed by atoms with Gasteiger partial charge in [0.25, 0.3) is 5.69 Å². The zero-order chi connectivity index (χ0) is 15.4. The Hall–Kier alpha value is -1.67. The fourth-order valence-corrected chi connectivity index (χ4v) is 2.45. The Labute approximate surface area is 139 Å². The van der Waals surface area contributed by atoms with Crippen molar-refractivity contribution in [2.24, 2.45) is 0 Å². The summed E-state index contributed by atoms with van der Waals surface area (Å²) in [5.41, 5.74) is 0.880. The van der Waals surface area contributed by atoms with Gasteiger partial charge in [0.15, 0.2) is 0 Å². The highest BCUT2D eigenvalue weighted by Gasteiger charge is 2.13. The second kappa shape index (κ2) is 6.86. The molecule has 0 saturated heterocycles. The number of carbonyl (C=O) groups is 1. The van der Waals surface area contributed by atoms with Gasteiger partial charge in [-0.3, -0.25) is 10.1 Å². The summed E-state index contributed by atoms with van der Waals surface area (Å²) in [6.07, 6.45) is 0. The first kappa shape index (κ1) is 15.7. The Kier molecular flexibility index (Phi) is 5.13. The minimum Gasteiger partial charge on any atom is -0.457 e. The second-order valence-corrected chi connectivity index (χ2v) is 5.66. The third kappa shape index (κ3) is 3.92. The van der Waals surface area contributed by atoms with Crippen molar-refractivity contribution in [3.8, 4) is 0 Å². The number of halogens is 2. The molecule has 0 radical (unpaired) electrons. The first-order valence-electron chi connectivity index (χ1n) is 5.83. The maximum Gasteiger partial charge on any atom is 0.339 e. The average molecular weight is 418 g/mol. The SMILES string of the molecule is O=C(OCc1ccc([N+](=O)[O-])cc1Cl)c1ccccc1I. The van der Waals surface area contributed by atoms with Crippen LogP contribution in [0.4, 0.5) is 5.69 Å². The second-order valence-electron chi connectivity index (χ2n) is 4.09. The van der Waals surface area contributed by atoms with Gasteiger partial charge in [0.05, 0.1) is 15.5 Å². The maximum atomic E-state index is 11.9. The maximum absolute atomic E-state index is 11.9. The summed E-state index contributed by atoms with van der Waals surface area (Å²) in [5.74, 6) is -0.464. The quantitative estimate of drug-likeness (QED) is 0.323. The lowest BCUT2D eigenvalue weighted by Crippen LogP contribution is -2.07. The number of non-ortho nitro benzene ring substituents is 1. The number of rotatable bonds is 4. The smallest absolute Gasteiger partial charge is 0.339 e. The summed E-state index contributed by atoms with van der Waals surface area (Å²) in [7, 11) is 0. The molecule has 21 heavy (non-hydrogen) atoms. The van der Waals surface area contributed by atoms with Gasteiger partial charge in [-0.25, -0.2) is 4.79 Å². The average Bonchev–Trinajstić information content (AvgIpc) is 2.46. The number of esters is 1. The zero-order valence-corrected chi connectivity index (χ0v) is 13.5. The molecule has 2 aromatic rings. The normalized spacial score (nSPS) is 10.2. The van der Waals surface area contributed by atoms with Gasteiger partial charge in [0.2, 0.25) is 0 Å². The molecule has 0 fully saturated rings. The molecule has 108 valence electrons. The highest BCUT2D eigenvalue weighted by Crippen LogP contribution is 2.23. The van der Waals surface area contributed by atoms with E-state index in [2.05, 4.69) is 0 Å². The van der Waals surface area contributed by atoms with E-state index in [0.29, 0.717) is 11.1 Å². The number of nitrogens with zero attached hydrogens (tertiary/aromatic N) is 1.